The molecule has 38 heavy (non-hydrogen) atoms. The number of nitrogens with one attached hydrogen (secondary N) is 1. The monoisotopic (exact) mass is 512 g/mol. The van der Waals surface area contributed by atoms with Crippen molar-refractivity contribution in [2.45, 2.75) is 31.3 Å². The largest absolute Gasteiger partial charge is 0.497 e. The predicted octanol–water partition coefficient (Wildman–Crippen LogP) is 3.12. The third-order valence-corrected chi connectivity index (χ3v) is 7.64. The molecule has 4 heterocycles. The van der Waals surface area contributed by atoms with Crippen molar-refractivity contribution in [2.75, 3.05) is 51.8 Å². The zero-order valence-corrected chi connectivity index (χ0v) is 21.8. The molecule has 10 heteroatoms. The average Bonchev–Trinajstić information content (AvgIpc) is 3.56. The number of likely N-dealkylation sites (N-methyl/N-ethyl adjacent to an activating group) is 1. The van der Waals surface area contributed by atoms with Crippen LogP contribution in [0.5, 0.6) is 11.8 Å². The van der Waals surface area contributed by atoms with Gasteiger partial charge in [0.15, 0.2) is 11.5 Å². The summed E-state index contributed by atoms with van der Waals surface area (Å²) in [7, 11) is 3.81. The van der Waals surface area contributed by atoms with Gasteiger partial charge in [0.2, 0.25) is 0 Å². The second-order valence-electron chi connectivity index (χ2n) is 10.0. The first kappa shape index (κ1) is 24.4. The number of aromatic nitrogens is 4. The summed E-state index contributed by atoms with van der Waals surface area (Å²) in [5.74, 6) is 1.49. The van der Waals surface area contributed by atoms with E-state index in [0.29, 0.717) is 37.3 Å². The van der Waals surface area contributed by atoms with Crippen molar-refractivity contribution in [2.24, 2.45) is 0 Å². The fraction of sp³-hybridized carbons (Fsp3) is 0.429. The first-order valence-corrected chi connectivity index (χ1v) is 13.2. The molecular formula is C28H32N8O2. The van der Waals surface area contributed by atoms with Crippen LogP contribution in [0.2, 0.25) is 0 Å². The number of anilines is 1. The number of piperazine rings is 1. The summed E-state index contributed by atoms with van der Waals surface area (Å²) < 4.78 is 13.7. The molecule has 2 aliphatic heterocycles. The summed E-state index contributed by atoms with van der Waals surface area (Å²) in [6, 6.07) is 15.3. The highest BCUT2D eigenvalue weighted by atomic mass is 16.5. The molecule has 1 N–H and O–H groups in total. The van der Waals surface area contributed by atoms with E-state index >= 15 is 0 Å². The number of fused-ring (bicyclic) bond motifs is 2. The van der Waals surface area contributed by atoms with Crippen LogP contribution in [-0.4, -0.2) is 83.5 Å². The minimum atomic E-state index is 0.0667. The maximum absolute atomic E-state index is 9.26. The maximum Gasteiger partial charge on any atom is 0.336 e. The quantitative estimate of drug-likeness (QED) is 0.400. The summed E-state index contributed by atoms with van der Waals surface area (Å²) >= 11 is 0. The van der Waals surface area contributed by atoms with Crippen molar-refractivity contribution in [1.29, 1.82) is 5.26 Å². The Bertz CT molecular complexity index is 1500. The standard InChI is InChI=1S/C28H32N8O2/c1-34-12-5-7-21(34)18-38-28-32-27(35-13-11-30-20(17-35)9-10-29)26-31-16-25(36(26)33-28)24-15-22(37-2)14-19-6-3-4-8-23(19)24/h3-4,6,8,14-16,20-21,30H,5,7,9,11-13,17-18H2,1-2H3/t20-,21-/m0/s1. The average molecular weight is 513 g/mol. The molecule has 2 aliphatic rings. The van der Waals surface area contributed by atoms with E-state index in [2.05, 4.69) is 40.4 Å². The normalized spacial score (nSPS) is 20.2. The molecule has 0 bridgehead atoms. The molecule has 10 nitrogen and oxygen atoms in total. The number of ether oxygens (including phenoxy) is 2. The predicted molar refractivity (Wildman–Crippen MR) is 146 cm³/mol. The van der Waals surface area contributed by atoms with E-state index in [9.17, 15) is 5.26 Å². The molecule has 2 fully saturated rings. The second-order valence-corrected chi connectivity index (χ2v) is 10.0. The van der Waals surface area contributed by atoms with E-state index in [0.717, 1.165) is 59.7 Å². The number of methoxy groups -OCH3 is 1. The molecule has 0 unspecified atom stereocenters. The maximum atomic E-state index is 9.26. The number of rotatable bonds is 7. The number of benzene rings is 2. The van der Waals surface area contributed by atoms with Crippen LogP contribution in [0.4, 0.5) is 5.82 Å². The van der Waals surface area contributed by atoms with Gasteiger partial charge >= 0.3 is 6.01 Å². The van der Waals surface area contributed by atoms with Crippen molar-refractivity contribution in [3.63, 3.8) is 0 Å². The molecule has 0 aliphatic carbocycles. The number of nitrogens with zero attached hydrogens (tertiary/aromatic N) is 7. The highest BCUT2D eigenvalue weighted by Gasteiger charge is 2.27. The van der Waals surface area contributed by atoms with E-state index in [4.69, 9.17) is 24.5 Å². The number of hydrogen-bond acceptors (Lipinski definition) is 9. The lowest BCUT2D eigenvalue weighted by Crippen LogP contribution is -2.51. The first-order valence-electron chi connectivity index (χ1n) is 13.2. The molecule has 2 aromatic carbocycles. The third-order valence-electron chi connectivity index (χ3n) is 7.64. The highest BCUT2D eigenvalue weighted by Crippen LogP contribution is 2.35. The Hall–Kier alpha value is -3.94. The molecule has 0 amide bonds. The van der Waals surface area contributed by atoms with Crippen molar-refractivity contribution in [1.82, 2.24) is 29.8 Å². The smallest absolute Gasteiger partial charge is 0.336 e. The molecule has 196 valence electrons. The number of hydrogen-bond donors (Lipinski definition) is 1. The van der Waals surface area contributed by atoms with Gasteiger partial charge in [0.05, 0.1) is 31.5 Å². The second kappa shape index (κ2) is 10.4. The molecule has 2 aromatic heterocycles. The van der Waals surface area contributed by atoms with E-state index in [1.165, 1.54) is 6.42 Å². The Morgan fingerprint density at radius 2 is 2.11 bits per heavy atom. The Balaban J connectivity index is 1.47. The van der Waals surface area contributed by atoms with Crippen LogP contribution in [0.25, 0.3) is 27.7 Å². The lowest BCUT2D eigenvalue weighted by Gasteiger charge is -2.33. The van der Waals surface area contributed by atoms with Gasteiger partial charge in [0.25, 0.3) is 0 Å². The van der Waals surface area contributed by atoms with Gasteiger partial charge in [-0.15, -0.1) is 5.10 Å². The van der Waals surface area contributed by atoms with Gasteiger partial charge < -0.3 is 24.6 Å². The van der Waals surface area contributed by atoms with Crippen LogP contribution in [0, 0.1) is 11.3 Å². The zero-order chi connectivity index (χ0) is 26.1. The Morgan fingerprint density at radius 3 is 2.92 bits per heavy atom. The van der Waals surface area contributed by atoms with Crippen molar-refractivity contribution >= 4 is 22.2 Å². The minimum absolute atomic E-state index is 0.0667. The fourth-order valence-corrected chi connectivity index (χ4v) is 5.54. The van der Waals surface area contributed by atoms with E-state index < -0.39 is 0 Å². The Labute approximate surface area is 221 Å². The lowest BCUT2D eigenvalue weighted by molar-refractivity contribution is 0.186. The zero-order valence-electron chi connectivity index (χ0n) is 21.8. The fourth-order valence-electron chi connectivity index (χ4n) is 5.54. The van der Waals surface area contributed by atoms with Gasteiger partial charge in [0, 0.05) is 37.3 Å². The van der Waals surface area contributed by atoms with Crippen LogP contribution < -0.4 is 19.7 Å². The van der Waals surface area contributed by atoms with E-state index in [-0.39, 0.29) is 6.04 Å². The molecule has 0 radical (unpaired) electrons. The van der Waals surface area contributed by atoms with Gasteiger partial charge in [-0.2, -0.15) is 10.2 Å². The van der Waals surface area contributed by atoms with Gasteiger partial charge in [-0.25, -0.2) is 9.50 Å². The first-order chi connectivity index (χ1) is 18.6. The van der Waals surface area contributed by atoms with Crippen LogP contribution in [0.3, 0.4) is 0 Å². The Morgan fingerprint density at radius 1 is 1.21 bits per heavy atom. The van der Waals surface area contributed by atoms with Crippen molar-refractivity contribution in [3.8, 4) is 29.1 Å². The van der Waals surface area contributed by atoms with Crippen LogP contribution >= 0.6 is 0 Å². The van der Waals surface area contributed by atoms with E-state index in [1.807, 2.05) is 35.0 Å². The summed E-state index contributed by atoms with van der Waals surface area (Å²) in [5.41, 5.74) is 2.47. The topological polar surface area (TPSA) is 104 Å². The van der Waals surface area contributed by atoms with Crippen molar-refractivity contribution < 1.29 is 9.47 Å². The van der Waals surface area contributed by atoms with Crippen LogP contribution in [-0.2, 0) is 0 Å². The van der Waals surface area contributed by atoms with Crippen LogP contribution in [0.15, 0.2) is 42.6 Å². The summed E-state index contributed by atoms with van der Waals surface area (Å²) in [5, 5.41) is 19.7. The SMILES string of the molecule is COc1cc(-c2cnc3c(N4CCN[C@@H](CC#N)C4)nc(OC[C@@H]4CCCN4C)nn23)c2ccccc2c1. The van der Waals surface area contributed by atoms with Gasteiger partial charge in [-0.05, 0) is 49.3 Å². The molecule has 2 atom stereocenters. The molecule has 0 spiro atoms. The minimum Gasteiger partial charge on any atom is -0.497 e. The molecule has 6 rings (SSSR count). The summed E-state index contributed by atoms with van der Waals surface area (Å²) in [4.78, 5) is 14.2. The number of likely N-dealkylation sites (tertiary alicyclic amines) is 1. The van der Waals surface area contributed by atoms with Gasteiger partial charge in [-0.3, -0.25) is 0 Å². The molecule has 0 saturated carbocycles. The van der Waals surface area contributed by atoms with Crippen molar-refractivity contribution in [3.05, 3.63) is 42.6 Å². The number of imidazole rings is 1. The van der Waals surface area contributed by atoms with Gasteiger partial charge in [-0.1, -0.05) is 24.3 Å². The summed E-state index contributed by atoms with van der Waals surface area (Å²) in [6.45, 7) is 3.79. The summed E-state index contributed by atoms with van der Waals surface area (Å²) in [6.07, 6.45) is 4.56. The third kappa shape index (κ3) is 4.59. The molecular weight excluding hydrogens is 480 g/mol. The number of nitriles is 1. The Kier molecular flexibility index (Phi) is 6.70. The molecule has 2 saturated heterocycles. The van der Waals surface area contributed by atoms with Crippen LogP contribution in [0.1, 0.15) is 19.3 Å². The molecule has 4 aromatic rings. The highest BCUT2D eigenvalue weighted by molar-refractivity contribution is 5.97. The van der Waals surface area contributed by atoms with Gasteiger partial charge in [0.1, 0.15) is 12.4 Å². The lowest BCUT2D eigenvalue weighted by atomic mass is 10.0. The van der Waals surface area contributed by atoms with E-state index in [1.54, 1.807) is 7.11 Å².